The summed E-state index contributed by atoms with van der Waals surface area (Å²) in [5, 5.41) is 13.4. The van der Waals surface area contributed by atoms with Crippen LogP contribution in [0.25, 0.3) is 11.3 Å². The van der Waals surface area contributed by atoms with Gasteiger partial charge in [0, 0.05) is 5.56 Å². The first kappa shape index (κ1) is 17.0. The molecular formula is C16H17N5O3S. The second-order valence-electron chi connectivity index (χ2n) is 5.11. The minimum Gasteiger partial charge on any atom is -0.497 e. The van der Waals surface area contributed by atoms with E-state index in [1.54, 1.807) is 18.9 Å². The van der Waals surface area contributed by atoms with E-state index in [9.17, 15) is 4.79 Å². The summed E-state index contributed by atoms with van der Waals surface area (Å²) in [6.07, 6.45) is 3.44. The van der Waals surface area contributed by atoms with Crippen LogP contribution in [-0.4, -0.2) is 39.6 Å². The van der Waals surface area contributed by atoms with Gasteiger partial charge in [-0.2, -0.15) is 21.8 Å². The summed E-state index contributed by atoms with van der Waals surface area (Å²) in [5.41, 5.74) is 1.85. The van der Waals surface area contributed by atoms with Crippen LogP contribution < -0.4 is 10.1 Å². The molecule has 2 heterocycles. The van der Waals surface area contributed by atoms with Crippen LogP contribution in [0.3, 0.4) is 0 Å². The predicted octanol–water partition coefficient (Wildman–Crippen LogP) is 2.26. The van der Waals surface area contributed by atoms with Crippen LogP contribution in [0.2, 0.25) is 0 Å². The third-order valence-corrected chi connectivity index (χ3v) is 3.97. The van der Waals surface area contributed by atoms with E-state index in [4.69, 9.17) is 9.26 Å². The molecule has 0 radical (unpaired) electrons. The summed E-state index contributed by atoms with van der Waals surface area (Å²) in [4.78, 5) is 16.7. The van der Waals surface area contributed by atoms with Crippen molar-refractivity contribution < 1.29 is 14.1 Å². The number of benzene rings is 1. The highest BCUT2D eigenvalue weighted by Crippen LogP contribution is 2.24. The highest BCUT2D eigenvalue weighted by molar-refractivity contribution is 7.97. The lowest BCUT2D eigenvalue weighted by molar-refractivity contribution is 0.0947. The smallest absolute Gasteiger partial charge is 0.255 e. The van der Waals surface area contributed by atoms with E-state index >= 15 is 0 Å². The highest BCUT2D eigenvalue weighted by atomic mass is 32.2. The summed E-state index contributed by atoms with van der Waals surface area (Å²) in [6, 6.07) is 7.39. The van der Waals surface area contributed by atoms with Gasteiger partial charge in [0.25, 0.3) is 5.91 Å². The standard InChI is InChI=1S/C16H17N5O3S/c1-23-11-5-3-4-10(6-11)15-12(7-18-20-15)16(22)17-8-14-19-13(9-25-2)21-24-14/h3-7H,8-9H2,1-2H3,(H,17,22)(H,18,20). The Morgan fingerprint density at radius 2 is 2.32 bits per heavy atom. The third kappa shape index (κ3) is 4.00. The first-order chi connectivity index (χ1) is 12.2. The number of ether oxygens (including phenoxy) is 1. The van der Waals surface area contributed by atoms with Crippen LogP contribution in [0.1, 0.15) is 22.1 Å². The van der Waals surface area contributed by atoms with Gasteiger partial charge in [-0.05, 0) is 18.4 Å². The van der Waals surface area contributed by atoms with Gasteiger partial charge in [0.05, 0.1) is 36.9 Å². The van der Waals surface area contributed by atoms with Gasteiger partial charge in [0.15, 0.2) is 5.82 Å². The largest absolute Gasteiger partial charge is 0.497 e. The molecule has 0 fully saturated rings. The molecule has 0 atom stereocenters. The lowest BCUT2D eigenvalue weighted by Gasteiger charge is -2.06. The molecule has 0 saturated heterocycles. The number of H-pyrrole nitrogens is 1. The van der Waals surface area contributed by atoms with Crippen molar-refractivity contribution in [2.45, 2.75) is 12.3 Å². The van der Waals surface area contributed by atoms with Gasteiger partial charge in [-0.25, -0.2) is 0 Å². The number of carbonyl (C=O) groups excluding carboxylic acids is 1. The van der Waals surface area contributed by atoms with E-state index in [0.717, 1.165) is 5.56 Å². The van der Waals surface area contributed by atoms with Gasteiger partial charge in [-0.1, -0.05) is 17.3 Å². The fourth-order valence-electron chi connectivity index (χ4n) is 2.26. The Bertz CT molecular complexity index is 861. The zero-order chi connectivity index (χ0) is 17.6. The molecule has 0 spiro atoms. The van der Waals surface area contributed by atoms with Gasteiger partial charge in [0.2, 0.25) is 5.89 Å². The number of hydrogen-bond acceptors (Lipinski definition) is 7. The second-order valence-corrected chi connectivity index (χ2v) is 5.98. The fourth-order valence-corrected chi connectivity index (χ4v) is 2.63. The van der Waals surface area contributed by atoms with E-state index < -0.39 is 0 Å². The van der Waals surface area contributed by atoms with E-state index in [-0.39, 0.29) is 12.5 Å². The third-order valence-electron chi connectivity index (χ3n) is 3.43. The van der Waals surface area contributed by atoms with Crippen molar-refractivity contribution in [3.05, 3.63) is 47.7 Å². The van der Waals surface area contributed by atoms with Crippen molar-refractivity contribution >= 4 is 17.7 Å². The van der Waals surface area contributed by atoms with Crippen LogP contribution in [-0.2, 0) is 12.3 Å². The van der Waals surface area contributed by atoms with Crippen molar-refractivity contribution in [2.75, 3.05) is 13.4 Å². The summed E-state index contributed by atoms with van der Waals surface area (Å²) in [6.45, 7) is 0.156. The second kappa shape index (κ2) is 7.84. The van der Waals surface area contributed by atoms with Gasteiger partial charge in [-0.3, -0.25) is 9.89 Å². The maximum Gasteiger partial charge on any atom is 0.255 e. The van der Waals surface area contributed by atoms with Crippen LogP contribution in [0.5, 0.6) is 5.75 Å². The zero-order valence-electron chi connectivity index (χ0n) is 13.8. The molecule has 9 heteroatoms. The Balaban J connectivity index is 1.71. The molecule has 0 unspecified atom stereocenters. The number of aromatic nitrogens is 4. The van der Waals surface area contributed by atoms with Crippen molar-refractivity contribution in [1.82, 2.24) is 25.7 Å². The molecule has 0 aliphatic rings. The maximum atomic E-state index is 12.5. The zero-order valence-corrected chi connectivity index (χ0v) is 14.6. The number of carbonyl (C=O) groups is 1. The topological polar surface area (TPSA) is 106 Å². The molecule has 130 valence electrons. The Labute approximate surface area is 148 Å². The Hall–Kier alpha value is -2.81. The first-order valence-corrected chi connectivity index (χ1v) is 8.87. The summed E-state index contributed by atoms with van der Waals surface area (Å²) in [7, 11) is 1.59. The van der Waals surface area contributed by atoms with Gasteiger partial charge in [0.1, 0.15) is 5.75 Å². The summed E-state index contributed by atoms with van der Waals surface area (Å²) >= 11 is 1.60. The highest BCUT2D eigenvalue weighted by Gasteiger charge is 2.16. The minimum absolute atomic E-state index is 0.156. The molecule has 0 saturated carbocycles. The Kier molecular flexibility index (Phi) is 5.34. The Morgan fingerprint density at radius 3 is 3.12 bits per heavy atom. The first-order valence-electron chi connectivity index (χ1n) is 7.47. The van der Waals surface area contributed by atoms with Crippen LogP contribution in [0.15, 0.2) is 35.0 Å². The van der Waals surface area contributed by atoms with Crippen LogP contribution >= 0.6 is 11.8 Å². The molecule has 0 bridgehead atoms. The van der Waals surface area contributed by atoms with E-state index in [2.05, 4.69) is 25.7 Å². The maximum absolute atomic E-state index is 12.5. The van der Waals surface area contributed by atoms with Crippen molar-refractivity contribution in [2.24, 2.45) is 0 Å². The quantitative estimate of drug-likeness (QED) is 0.666. The number of nitrogens with zero attached hydrogens (tertiary/aromatic N) is 3. The number of amides is 1. The van der Waals surface area contributed by atoms with Crippen molar-refractivity contribution in [1.29, 1.82) is 0 Å². The molecule has 1 aromatic carbocycles. The monoisotopic (exact) mass is 359 g/mol. The molecule has 3 rings (SSSR count). The van der Waals surface area contributed by atoms with Gasteiger partial charge < -0.3 is 14.6 Å². The number of nitrogens with one attached hydrogen (secondary N) is 2. The number of rotatable bonds is 7. The summed E-state index contributed by atoms with van der Waals surface area (Å²) in [5.74, 6) is 2.06. The number of methoxy groups -OCH3 is 1. The van der Waals surface area contributed by atoms with E-state index in [1.807, 2.05) is 30.5 Å². The lowest BCUT2D eigenvalue weighted by atomic mass is 10.1. The SMILES string of the molecule is COc1cccc(-c2[nH]ncc2C(=O)NCc2nc(CSC)no2)c1. The molecule has 0 aliphatic carbocycles. The normalized spacial score (nSPS) is 10.6. The minimum atomic E-state index is -0.281. The van der Waals surface area contributed by atoms with E-state index in [1.165, 1.54) is 6.20 Å². The molecule has 0 aliphatic heterocycles. The average molecular weight is 359 g/mol. The van der Waals surface area contributed by atoms with Crippen LogP contribution in [0, 0.1) is 0 Å². The molecule has 1 amide bonds. The molecule has 25 heavy (non-hydrogen) atoms. The molecule has 3 aromatic rings. The van der Waals surface area contributed by atoms with Gasteiger partial charge in [-0.15, -0.1) is 0 Å². The molecular weight excluding hydrogens is 342 g/mol. The molecule has 2 N–H and O–H groups in total. The summed E-state index contributed by atoms with van der Waals surface area (Å²) < 4.78 is 10.3. The van der Waals surface area contributed by atoms with E-state index in [0.29, 0.717) is 34.5 Å². The predicted molar refractivity (Wildman–Crippen MR) is 93.3 cm³/mol. The molecule has 2 aromatic heterocycles. The lowest BCUT2D eigenvalue weighted by Crippen LogP contribution is -2.23. The molecule has 8 nitrogen and oxygen atoms in total. The average Bonchev–Trinajstić information content (AvgIpc) is 3.29. The van der Waals surface area contributed by atoms with Gasteiger partial charge >= 0.3 is 0 Å². The number of aromatic amines is 1. The number of hydrogen-bond donors (Lipinski definition) is 2. The van der Waals surface area contributed by atoms with Crippen molar-refractivity contribution in [3.63, 3.8) is 0 Å². The number of thioether (sulfide) groups is 1. The Morgan fingerprint density at radius 1 is 1.44 bits per heavy atom. The van der Waals surface area contributed by atoms with Crippen molar-refractivity contribution in [3.8, 4) is 17.0 Å². The van der Waals surface area contributed by atoms with Crippen LogP contribution in [0.4, 0.5) is 0 Å². The fraction of sp³-hybridized carbons (Fsp3) is 0.250.